The molecular formula is C22H27FN2O5S. The number of hydrogen-bond donors (Lipinski definition) is 3. The molecule has 9 heteroatoms. The van der Waals surface area contributed by atoms with Gasteiger partial charge in [-0.05, 0) is 43.5 Å². The number of rotatable bonds is 8. The molecule has 168 valence electrons. The highest BCUT2D eigenvalue weighted by Crippen LogP contribution is 2.24. The zero-order chi connectivity index (χ0) is 22.4. The second-order valence-corrected chi connectivity index (χ2v) is 9.36. The van der Waals surface area contributed by atoms with Gasteiger partial charge in [-0.15, -0.1) is 0 Å². The maximum atomic E-state index is 13.4. The van der Waals surface area contributed by atoms with Crippen LogP contribution >= 0.6 is 0 Å². The van der Waals surface area contributed by atoms with Crippen LogP contribution in [0.1, 0.15) is 37.8 Å². The molecule has 0 bridgehead atoms. The second-order valence-electron chi connectivity index (χ2n) is 7.65. The van der Waals surface area contributed by atoms with E-state index in [4.69, 9.17) is 4.74 Å². The number of benzene rings is 2. The van der Waals surface area contributed by atoms with Gasteiger partial charge in [0.2, 0.25) is 15.9 Å². The molecule has 2 aromatic carbocycles. The highest BCUT2D eigenvalue weighted by Gasteiger charge is 2.35. The largest absolute Gasteiger partial charge is 0.394 e. The molecule has 1 aliphatic heterocycles. The number of ether oxygens (including phenoxy) is 1. The summed E-state index contributed by atoms with van der Waals surface area (Å²) in [6.45, 7) is 1.48. The summed E-state index contributed by atoms with van der Waals surface area (Å²) in [4.78, 5) is 12.2. The van der Waals surface area contributed by atoms with Gasteiger partial charge in [0.25, 0.3) is 0 Å². The van der Waals surface area contributed by atoms with Crippen LogP contribution in [0.5, 0.6) is 0 Å². The lowest BCUT2D eigenvalue weighted by Gasteiger charge is -2.35. The average molecular weight is 451 g/mol. The van der Waals surface area contributed by atoms with E-state index in [2.05, 4.69) is 10.0 Å². The van der Waals surface area contributed by atoms with Crippen molar-refractivity contribution in [2.45, 2.75) is 55.4 Å². The molecule has 31 heavy (non-hydrogen) atoms. The minimum atomic E-state index is -3.97. The summed E-state index contributed by atoms with van der Waals surface area (Å²) in [5, 5.41) is 12.6. The lowest BCUT2D eigenvalue weighted by Crippen LogP contribution is -2.51. The van der Waals surface area contributed by atoms with Gasteiger partial charge < -0.3 is 15.2 Å². The number of aliphatic hydroxyl groups excluding tert-OH is 1. The molecule has 2 aromatic rings. The van der Waals surface area contributed by atoms with Crippen molar-refractivity contribution < 1.29 is 27.4 Å². The molecule has 0 aliphatic carbocycles. The first-order chi connectivity index (χ1) is 14.8. The molecule has 1 amide bonds. The molecule has 0 radical (unpaired) electrons. The maximum absolute atomic E-state index is 13.4. The van der Waals surface area contributed by atoms with Gasteiger partial charge in [0.15, 0.2) is 0 Å². The van der Waals surface area contributed by atoms with E-state index in [0.29, 0.717) is 12.8 Å². The molecule has 4 atom stereocenters. The van der Waals surface area contributed by atoms with E-state index in [1.807, 2.05) is 37.3 Å². The SMILES string of the molecule is C[C@@H](NC(=O)C[C@H]1CC[C@H](NS(=O)(=O)c2cccc(F)c2)[C@H](CO)O1)c1ccccc1. The van der Waals surface area contributed by atoms with E-state index in [9.17, 15) is 22.7 Å². The summed E-state index contributed by atoms with van der Waals surface area (Å²) in [7, 11) is -3.97. The van der Waals surface area contributed by atoms with E-state index < -0.39 is 40.7 Å². The number of aliphatic hydroxyl groups is 1. The Balaban J connectivity index is 1.56. The van der Waals surface area contributed by atoms with E-state index in [0.717, 1.165) is 17.7 Å². The van der Waals surface area contributed by atoms with E-state index >= 15 is 0 Å². The topological polar surface area (TPSA) is 105 Å². The van der Waals surface area contributed by atoms with Gasteiger partial charge in [0.1, 0.15) is 5.82 Å². The summed E-state index contributed by atoms with van der Waals surface area (Å²) in [6, 6.07) is 13.4. The third kappa shape index (κ3) is 6.33. The van der Waals surface area contributed by atoms with Crippen LogP contribution in [0.2, 0.25) is 0 Å². The van der Waals surface area contributed by atoms with Crippen LogP contribution < -0.4 is 10.0 Å². The molecule has 3 rings (SSSR count). The van der Waals surface area contributed by atoms with Crippen molar-refractivity contribution in [1.29, 1.82) is 0 Å². The summed E-state index contributed by atoms with van der Waals surface area (Å²) in [6.07, 6.45) is -0.306. The Hall–Kier alpha value is -2.33. The highest BCUT2D eigenvalue weighted by atomic mass is 32.2. The van der Waals surface area contributed by atoms with Crippen molar-refractivity contribution in [2.24, 2.45) is 0 Å². The summed E-state index contributed by atoms with van der Waals surface area (Å²) >= 11 is 0. The fraction of sp³-hybridized carbons (Fsp3) is 0.409. The third-order valence-corrected chi connectivity index (χ3v) is 6.79. The van der Waals surface area contributed by atoms with Gasteiger partial charge in [-0.2, -0.15) is 0 Å². The third-order valence-electron chi connectivity index (χ3n) is 5.30. The lowest BCUT2D eigenvalue weighted by molar-refractivity contribution is -0.131. The van der Waals surface area contributed by atoms with Crippen molar-refractivity contribution in [2.75, 3.05) is 6.61 Å². The molecule has 0 spiro atoms. The van der Waals surface area contributed by atoms with Crippen molar-refractivity contribution in [1.82, 2.24) is 10.0 Å². The Labute approximate surface area is 181 Å². The Morgan fingerprint density at radius 2 is 1.94 bits per heavy atom. The van der Waals surface area contributed by atoms with Gasteiger partial charge in [0, 0.05) is 0 Å². The van der Waals surface area contributed by atoms with Crippen molar-refractivity contribution in [3.05, 3.63) is 66.0 Å². The van der Waals surface area contributed by atoms with Crippen LogP contribution in [-0.4, -0.2) is 44.3 Å². The number of carbonyl (C=O) groups is 1. The molecule has 1 saturated heterocycles. The lowest BCUT2D eigenvalue weighted by atomic mass is 9.97. The number of halogens is 1. The van der Waals surface area contributed by atoms with Gasteiger partial charge in [0.05, 0.1) is 42.2 Å². The van der Waals surface area contributed by atoms with E-state index in [-0.39, 0.29) is 23.3 Å². The smallest absolute Gasteiger partial charge is 0.241 e. The Morgan fingerprint density at radius 3 is 2.61 bits per heavy atom. The zero-order valence-corrected chi connectivity index (χ0v) is 18.0. The predicted molar refractivity (Wildman–Crippen MR) is 113 cm³/mol. The number of sulfonamides is 1. The molecule has 1 heterocycles. The quantitative estimate of drug-likeness (QED) is 0.572. The van der Waals surface area contributed by atoms with Gasteiger partial charge >= 0.3 is 0 Å². The molecule has 0 saturated carbocycles. The van der Waals surface area contributed by atoms with Crippen LogP contribution in [0, 0.1) is 5.82 Å². The molecule has 0 aromatic heterocycles. The molecule has 1 aliphatic rings. The Morgan fingerprint density at radius 1 is 1.19 bits per heavy atom. The fourth-order valence-corrected chi connectivity index (χ4v) is 4.98. The normalized spacial score (nSPS) is 22.6. The van der Waals surface area contributed by atoms with E-state index in [1.165, 1.54) is 12.1 Å². The predicted octanol–water partition coefficient (Wildman–Crippen LogP) is 2.28. The van der Waals surface area contributed by atoms with Crippen molar-refractivity contribution >= 4 is 15.9 Å². The van der Waals surface area contributed by atoms with E-state index in [1.54, 1.807) is 0 Å². The highest BCUT2D eigenvalue weighted by molar-refractivity contribution is 7.89. The second kappa shape index (κ2) is 10.3. The first-order valence-corrected chi connectivity index (χ1v) is 11.7. The minimum absolute atomic E-state index is 0.108. The van der Waals surface area contributed by atoms with Crippen molar-refractivity contribution in [3.8, 4) is 0 Å². The maximum Gasteiger partial charge on any atom is 0.241 e. The van der Waals surface area contributed by atoms with Gasteiger partial charge in [-0.3, -0.25) is 4.79 Å². The fourth-order valence-electron chi connectivity index (χ4n) is 3.65. The average Bonchev–Trinajstić information content (AvgIpc) is 2.75. The Bertz CT molecular complexity index is 986. The van der Waals surface area contributed by atoms with Crippen LogP contribution in [0.4, 0.5) is 4.39 Å². The number of hydrogen-bond acceptors (Lipinski definition) is 5. The standard InChI is InChI=1S/C22H27FN2O5S/c1-15(16-6-3-2-4-7-16)24-22(27)13-18-10-11-20(21(14-26)30-18)25-31(28,29)19-9-5-8-17(23)12-19/h2-9,12,15,18,20-21,25-26H,10-11,13-14H2,1H3,(H,24,27)/t15-,18-,20+,21+/m1/s1. The Kier molecular flexibility index (Phi) is 7.77. The van der Waals surface area contributed by atoms with Crippen LogP contribution in [-0.2, 0) is 19.6 Å². The van der Waals surface area contributed by atoms with Crippen LogP contribution in [0.3, 0.4) is 0 Å². The molecule has 1 fully saturated rings. The summed E-state index contributed by atoms with van der Waals surface area (Å²) in [5.41, 5.74) is 0.987. The van der Waals surface area contributed by atoms with Crippen LogP contribution in [0.15, 0.2) is 59.5 Å². The monoisotopic (exact) mass is 450 g/mol. The summed E-state index contributed by atoms with van der Waals surface area (Å²) in [5.74, 6) is -0.839. The molecule has 7 nitrogen and oxygen atoms in total. The number of nitrogens with one attached hydrogen (secondary N) is 2. The van der Waals surface area contributed by atoms with Crippen molar-refractivity contribution in [3.63, 3.8) is 0 Å². The summed E-state index contributed by atoms with van der Waals surface area (Å²) < 4.78 is 46.8. The number of amides is 1. The minimum Gasteiger partial charge on any atom is -0.394 e. The first kappa shape index (κ1) is 23.3. The van der Waals surface area contributed by atoms with Crippen LogP contribution in [0.25, 0.3) is 0 Å². The number of carbonyl (C=O) groups excluding carboxylic acids is 1. The zero-order valence-electron chi connectivity index (χ0n) is 17.2. The first-order valence-electron chi connectivity index (χ1n) is 10.2. The molecular weight excluding hydrogens is 423 g/mol. The van der Waals surface area contributed by atoms with Gasteiger partial charge in [-0.1, -0.05) is 36.4 Å². The molecule has 0 unspecified atom stereocenters. The van der Waals surface area contributed by atoms with Gasteiger partial charge in [-0.25, -0.2) is 17.5 Å². The molecule has 3 N–H and O–H groups in total.